The number of rotatable bonds is 5. The van der Waals surface area contributed by atoms with Crippen LogP contribution in [-0.2, 0) is 9.53 Å². The van der Waals surface area contributed by atoms with Crippen molar-refractivity contribution in [3.8, 4) is 0 Å². The Morgan fingerprint density at radius 1 is 1.42 bits per heavy atom. The lowest BCUT2D eigenvalue weighted by atomic mass is 9.88. The summed E-state index contributed by atoms with van der Waals surface area (Å²) in [5.74, 6) is 0.295. The van der Waals surface area contributed by atoms with Crippen LogP contribution < -0.4 is 11.1 Å². The van der Waals surface area contributed by atoms with Crippen molar-refractivity contribution in [3.63, 3.8) is 0 Å². The summed E-state index contributed by atoms with van der Waals surface area (Å²) in [7, 11) is 0. The number of hydrogen-bond acceptors (Lipinski definition) is 3. The Bertz CT molecular complexity index is 438. The highest BCUT2D eigenvalue weighted by Crippen LogP contribution is 2.25. The molecule has 1 aromatic carbocycles. The summed E-state index contributed by atoms with van der Waals surface area (Å²) in [4.78, 5) is 11.9. The number of hydrogen-bond donors (Lipinski definition) is 2. The fourth-order valence-electron chi connectivity index (χ4n) is 2.16. The minimum atomic E-state index is 0.0949. The highest BCUT2D eigenvalue weighted by Gasteiger charge is 2.33. The Morgan fingerprint density at radius 3 is 2.58 bits per heavy atom. The van der Waals surface area contributed by atoms with Gasteiger partial charge in [0.2, 0.25) is 5.91 Å². The standard InChI is InChI=1S/C15H22N2O2/c1-11(12-3-5-13(16)6-4-12)7-14(18)17-8-15(2)9-19-10-15/h3-6,11H,7-10,16H2,1-2H3,(H,17,18). The quantitative estimate of drug-likeness (QED) is 0.797. The predicted octanol–water partition coefficient (Wildman–Crippen LogP) is 1.92. The van der Waals surface area contributed by atoms with Crippen molar-refractivity contribution in [1.29, 1.82) is 0 Å². The Hall–Kier alpha value is -1.55. The molecule has 2 rings (SSSR count). The van der Waals surface area contributed by atoms with Crippen LogP contribution in [-0.4, -0.2) is 25.7 Å². The molecule has 1 aliphatic rings. The number of anilines is 1. The van der Waals surface area contributed by atoms with Crippen LogP contribution >= 0.6 is 0 Å². The van der Waals surface area contributed by atoms with Crippen molar-refractivity contribution in [2.24, 2.45) is 5.41 Å². The van der Waals surface area contributed by atoms with E-state index >= 15 is 0 Å². The second kappa shape index (κ2) is 5.61. The molecule has 1 aliphatic heterocycles. The highest BCUT2D eigenvalue weighted by molar-refractivity contribution is 5.76. The zero-order valence-corrected chi connectivity index (χ0v) is 11.6. The second-order valence-corrected chi connectivity index (χ2v) is 5.85. The molecule has 0 saturated carbocycles. The molecule has 1 heterocycles. The third kappa shape index (κ3) is 3.70. The number of nitrogens with one attached hydrogen (secondary N) is 1. The van der Waals surface area contributed by atoms with E-state index in [4.69, 9.17) is 10.5 Å². The first kappa shape index (κ1) is 13.9. The lowest BCUT2D eigenvalue weighted by Crippen LogP contribution is -2.48. The van der Waals surface area contributed by atoms with Crippen molar-refractivity contribution < 1.29 is 9.53 Å². The minimum absolute atomic E-state index is 0.0949. The summed E-state index contributed by atoms with van der Waals surface area (Å²) in [6.45, 7) is 6.35. The molecule has 4 nitrogen and oxygen atoms in total. The van der Waals surface area contributed by atoms with E-state index in [1.165, 1.54) is 0 Å². The van der Waals surface area contributed by atoms with Crippen LogP contribution in [0.15, 0.2) is 24.3 Å². The fraction of sp³-hybridized carbons (Fsp3) is 0.533. The van der Waals surface area contributed by atoms with Crippen molar-refractivity contribution in [3.05, 3.63) is 29.8 Å². The summed E-state index contributed by atoms with van der Waals surface area (Å²) >= 11 is 0. The first-order chi connectivity index (χ1) is 8.98. The van der Waals surface area contributed by atoms with Gasteiger partial charge in [-0.3, -0.25) is 4.79 Å². The maximum Gasteiger partial charge on any atom is 0.220 e. The van der Waals surface area contributed by atoms with Gasteiger partial charge in [-0.2, -0.15) is 0 Å². The Labute approximate surface area is 114 Å². The van der Waals surface area contributed by atoms with E-state index in [2.05, 4.69) is 19.2 Å². The zero-order valence-electron chi connectivity index (χ0n) is 11.6. The van der Waals surface area contributed by atoms with E-state index in [0.29, 0.717) is 13.0 Å². The predicted molar refractivity (Wildman–Crippen MR) is 75.8 cm³/mol. The Kier molecular flexibility index (Phi) is 4.10. The molecule has 4 heteroatoms. The van der Waals surface area contributed by atoms with Crippen molar-refractivity contribution in [1.82, 2.24) is 5.32 Å². The smallest absolute Gasteiger partial charge is 0.220 e. The first-order valence-corrected chi connectivity index (χ1v) is 6.68. The van der Waals surface area contributed by atoms with Gasteiger partial charge in [-0.15, -0.1) is 0 Å². The molecular formula is C15H22N2O2. The van der Waals surface area contributed by atoms with Crippen molar-refractivity contribution in [2.75, 3.05) is 25.5 Å². The van der Waals surface area contributed by atoms with Gasteiger partial charge in [0, 0.05) is 24.1 Å². The van der Waals surface area contributed by atoms with Crippen molar-refractivity contribution in [2.45, 2.75) is 26.2 Å². The molecule has 0 bridgehead atoms. The van der Waals surface area contributed by atoms with Crippen LogP contribution in [0.1, 0.15) is 31.7 Å². The third-order valence-electron chi connectivity index (χ3n) is 3.61. The average Bonchev–Trinajstić information content (AvgIpc) is 2.35. The van der Waals surface area contributed by atoms with E-state index < -0.39 is 0 Å². The Morgan fingerprint density at radius 2 is 2.05 bits per heavy atom. The monoisotopic (exact) mass is 262 g/mol. The number of nitrogens with two attached hydrogens (primary N) is 1. The molecule has 1 atom stereocenters. The lowest BCUT2D eigenvalue weighted by molar-refractivity contribution is -0.127. The van der Waals surface area contributed by atoms with Gasteiger partial charge in [-0.05, 0) is 23.6 Å². The molecular weight excluding hydrogens is 240 g/mol. The molecule has 1 amide bonds. The average molecular weight is 262 g/mol. The van der Waals surface area contributed by atoms with Gasteiger partial charge in [-0.1, -0.05) is 26.0 Å². The number of carbonyl (C=O) groups is 1. The van der Waals surface area contributed by atoms with Gasteiger partial charge in [-0.25, -0.2) is 0 Å². The minimum Gasteiger partial charge on any atom is -0.399 e. The van der Waals surface area contributed by atoms with Gasteiger partial charge < -0.3 is 15.8 Å². The van der Waals surface area contributed by atoms with E-state index in [0.717, 1.165) is 24.5 Å². The summed E-state index contributed by atoms with van der Waals surface area (Å²) in [6.07, 6.45) is 0.501. The molecule has 1 unspecified atom stereocenters. The summed E-state index contributed by atoms with van der Waals surface area (Å²) in [5, 5.41) is 2.99. The summed E-state index contributed by atoms with van der Waals surface area (Å²) in [5.41, 5.74) is 7.67. The summed E-state index contributed by atoms with van der Waals surface area (Å²) < 4.78 is 5.17. The van der Waals surface area contributed by atoms with Gasteiger partial charge in [0.05, 0.1) is 13.2 Å². The molecule has 104 valence electrons. The summed E-state index contributed by atoms with van der Waals surface area (Å²) in [6, 6.07) is 7.70. The number of ether oxygens (including phenoxy) is 1. The number of benzene rings is 1. The maximum atomic E-state index is 11.9. The largest absolute Gasteiger partial charge is 0.399 e. The normalized spacial score (nSPS) is 18.4. The molecule has 0 aromatic heterocycles. The van der Waals surface area contributed by atoms with Gasteiger partial charge in [0.15, 0.2) is 0 Å². The van der Waals surface area contributed by atoms with Gasteiger partial charge in [0.1, 0.15) is 0 Å². The topological polar surface area (TPSA) is 64.3 Å². The molecule has 1 aromatic rings. The van der Waals surface area contributed by atoms with Crippen LogP contribution in [0.3, 0.4) is 0 Å². The fourth-order valence-corrected chi connectivity index (χ4v) is 2.16. The van der Waals surface area contributed by atoms with Crippen LogP contribution in [0.5, 0.6) is 0 Å². The van der Waals surface area contributed by atoms with Crippen molar-refractivity contribution >= 4 is 11.6 Å². The van der Waals surface area contributed by atoms with Crippen LogP contribution in [0.4, 0.5) is 5.69 Å². The SMILES string of the molecule is CC(CC(=O)NCC1(C)COC1)c1ccc(N)cc1. The third-order valence-corrected chi connectivity index (χ3v) is 3.61. The van der Waals surface area contributed by atoms with E-state index in [1.807, 2.05) is 24.3 Å². The number of amides is 1. The second-order valence-electron chi connectivity index (χ2n) is 5.85. The van der Waals surface area contributed by atoms with Crippen LogP contribution in [0.25, 0.3) is 0 Å². The molecule has 0 radical (unpaired) electrons. The molecule has 1 saturated heterocycles. The molecule has 19 heavy (non-hydrogen) atoms. The first-order valence-electron chi connectivity index (χ1n) is 6.68. The zero-order chi connectivity index (χ0) is 13.9. The molecule has 3 N–H and O–H groups in total. The number of carbonyl (C=O) groups excluding carboxylic acids is 1. The maximum absolute atomic E-state index is 11.9. The van der Waals surface area contributed by atoms with E-state index in [-0.39, 0.29) is 17.2 Å². The van der Waals surface area contributed by atoms with E-state index in [9.17, 15) is 4.79 Å². The van der Waals surface area contributed by atoms with E-state index in [1.54, 1.807) is 0 Å². The highest BCUT2D eigenvalue weighted by atomic mass is 16.5. The Balaban J connectivity index is 1.79. The molecule has 0 spiro atoms. The van der Waals surface area contributed by atoms with Crippen LogP contribution in [0, 0.1) is 5.41 Å². The van der Waals surface area contributed by atoms with Gasteiger partial charge in [0.25, 0.3) is 0 Å². The molecule has 1 fully saturated rings. The number of nitrogen functional groups attached to an aromatic ring is 1. The van der Waals surface area contributed by atoms with Crippen LogP contribution in [0.2, 0.25) is 0 Å². The lowest BCUT2D eigenvalue weighted by Gasteiger charge is -2.38. The molecule has 0 aliphatic carbocycles. The van der Waals surface area contributed by atoms with Gasteiger partial charge >= 0.3 is 0 Å².